The first-order valence-electron chi connectivity index (χ1n) is 7.53. The topological polar surface area (TPSA) is 37.8 Å². The van der Waals surface area contributed by atoms with Crippen LogP contribution in [0.2, 0.25) is 0 Å². The molecular weight excluding hydrogens is 373 g/mol. The molecule has 21 heavy (non-hydrogen) atoms. The summed E-state index contributed by atoms with van der Waals surface area (Å²) in [6.45, 7) is 2.20. The number of hydrogen-bond donors (Lipinski definition) is 1. The zero-order valence-corrected chi connectivity index (χ0v) is 14.6. The van der Waals surface area contributed by atoms with Gasteiger partial charge in [-0.25, -0.2) is 9.97 Å². The highest BCUT2D eigenvalue weighted by atomic mass is 127. The Balaban J connectivity index is 1.95. The second kappa shape index (κ2) is 6.30. The van der Waals surface area contributed by atoms with E-state index in [2.05, 4.69) is 59.1 Å². The van der Waals surface area contributed by atoms with Gasteiger partial charge in [0.15, 0.2) is 0 Å². The number of nitrogens with one attached hydrogen (secondary N) is 1. The van der Waals surface area contributed by atoms with E-state index in [0.717, 1.165) is 40.9 Å². The quantitative estimate of drug-likeness (QED) is 0.800. The molecule has 1 N–H and O–H groups in total. The Morgan fingerprint density at radius 2 is 1.86 bits per heavy atom. The number of halogens is 1. The zero-order chi connectivity index (χ0) is 14.8. The molecule has 0 saturated carbocycles. The fraction of sp³-hybridized carbons (Fsp3) is 0.412. The van der Waals surface area contributed by atoms with Gasteiger partial charge in [0.2, 0.25) is 0 Å². The molecule has 0 amide bonds. The van der Waals surface area contributed by atoms with E-state index in [4.69, 9.17) is 9.97 Å². The van der Waals surface area contributed by atoms with Gasteiger partial charge in [0.05, 0.1) is 9.26 Å². The summed E-state index contributed by atoms with van der Waals surface area (Å²) in [5.41, 5.74) is 4.09. The van der Waals surface area contributed by atoms with E-state index in [1.165, 1.54) is 16.8 Å². The monoisotopic (exact) mass is 393 g/mol. The van der Waals surface area contributed by atoms with Gasteiger partial charge in [-0.05, 0) is 53.0 Å². The summed E-state index contributed by atoms with van der Waals surface area (Å²) in [7, 11) is 1.94. The molecular formula is C17H20IN3. The highest BCUT2D eigenvalue weighted by Gasteiger charge is 2.26. The number of aryl methyl sites for hydroxylation is 1. The van der Waals surface area contributed by atoms with Crippen LogP contribution in [0.5, 0.6) is 0 Å². The molecule has 3 rings (SSSR count). The highest BCUT2D eigenvalue weighted by Crippen LogP contribution is 2.33. The predicted molar refractivity (Wildman–Crippen MR) is 94.9 cm³/mol. The molecule has 1 aliphatic rings. The van der Waals surface area contributed by atoms with Crippen LogP contribution < -0.4 is 5.32 Å². The van der Waals surface area contributed by atoms with Crippen LogP contribution in [0.4, 0.5) is 5.82 Å². The Kier molecular flexibility index (Phi) is 4.42. The lowest BCUT2D eigenvalue weighted by molar-refractivity contribution is 0.670. The van der Waals surface area contributed by atoms with Crippen molar-refractivity contribution in [2.24, 2.45) is 0 Å². The Hall–Kier alpha value is -1.17. The van der Waals surface area contributed by atoms with E-state index in [9.17, 15) is 0 Å². The first-order chi connectivity index (χ1) is 10.2. The second-order valence-electron chi connectivity index (χ2n) is 5.56. The summed E-state index contributed by atoms with van der Waals surface area (Å²) in [6, 6.07) is 8.71. The van der Waals surface area contributed by atoms with Crippen LogP contribution in [0.15, 0.2) is 24.3 Å². The maximum Gasteiger partial charge on any atom is 0.143 e. The Morgan fingerprint density at radius 3 is 2.43 bits per heavy atom. The number of aromatic nitrogens is 2. The van der Waals surface area contributed by atoms with Crippen LogP contribution in [0.1, 0.15) is 41.9 Å². The van der Waals surface area contributed by atoms with Gasteiger partial charge in [-0.3, -0.25) is 0 Å². The van der Waals surface area contributed by atoms with Crippen molar-refractivity contribution in [2.75, 3.05) is 12.4 Å². The molecule has 0 aliphatic heterocycles. The summed E-state index contributed by atoms with van der Waals surface area (Å²) < 4.78 is 1.16. The molecule has 1 heterocycles. The van der Waals surface area contributed by atoms with Crippen molar-refractivity contribution in [3.05, 3.63) is 50.5 Å². The molecule has 0 fully saturated rings. The average molecular weight is 393 g/mol. The maximum absolute atomic E-state index is 4.88. The lowest BCUT2D eigenvalue weighted by atomic mass is 10.1. The van der Waals surface area contributed by atoms with Crippen LogP contribution in [0.25, 0.3) is 0 Å². The van der Waals surface area contributed by atoms with Gasteiger partial charge in [-0.1, -0.05) is 37.6 Å². The van der Waals surface area contributed by atoms with Gasteiger partial charge in [0, 0.05) is 13.0 Å². The third-order valence-electron chi connectivity index (χ3n) is 4.08. The maximum atomic E-state index is 4.88. The molecule has 0 unspecified atom stereocenters. The van der Waals surface area contributed by atoms with Gasteiger partial charge in [-0.2, -0.15) is 0 Å². The number of anilines is 1. The molecule has 1 aromatic heterocycles. The highest BCUT2D eigenvalue weighted by molar-refractivity contribution is 14.1. The van der Waals surface area contributed by atoms with Crippen LogP contribution in [0.3, 0.4) is 0 Å². The van der Waals surface area contributed by atoms with Crippen LogP contribution in [-0.4, -0.2) is 17.0 Å². The Morgan fingerprint density at radius 1 is 1.19 bits per heavy atom. The molecule has 0 spiro atoms. The van der Waals surface area contributed by atoms with Gasteiger partial charge >= 0.3 is 0 Å². The van der Waals surface area contributed by atoms with E-state index >= 15 is 0 Å². The molecule has 3 nitrogen and oxygen atoms in total. The molecule has 0 radical (unpaired) electrons. The predicted octanol–water partition coefficient (Wildman–Crippen LogP) is 3.96. The fourth-order valence-corrected chi connectivity index (χ4v) is 3.79. The number of hydrogen-bond acceptors (Lipinski definition) is 3. The smallest absolute Gasteiger partial charge is 0.143 e. The van der Waals surface area contributed by atoms with Crippen molar-refractivity contribution in [3.8, 4) is 0 Å². The van der Waals surface area contributed by atoms with Gasteiger partial charge in [-0.15, -0.1) is 0 Å². The van der Waals surface area contributed by atoms with Gasteiger partial charge in [0.25, 0.3) is 0 Å². The third-order valence-corrected chi connectivity index (χ3v) is 5.21. The SMILES string of the molecule is CCCc1nc(C2Cc3ccccc3C2)nc(NC)c1I. The summed E-state index contributed by atoms with van der Waals surface area (Å²) in [5, 5.41) is 3.22. The molecule has 0 saturated heterocycles. The lowest BCUT2D eigenvalue weighted by Gasteiger charge is -2.14. The van der Waals surface area contributed by atoms with Crippen molar-refractivity contribution < 1.29 is 0 Å². The summed E-state index contributed by atoms with van der Waals surface area (Å²) >= 11 is 2.36. The van der Waals surface area contributed by atoms with E-state index < -0.39 is 0 Å². The van der Waals surface area contributed by atoms with Crippen molar-refractivity contribution in [1.82, 2.24) is 9.97 Å². The molecule has 0 atom stereocenters. The first-order valence-corrected chi connectivity index (χ1v) is 8.61. The second-order valence-corrected chi connectivity index (χ2v) is 6.64. The number of benzene rings is 1. The normalized spacial score (nSPS) is 14.2. The standard InChI is InChI=1S/C17H20IN3/c1-3-6-14-15(18)17(19-2)21-16(20-14)13-9-11-7-4-5-8-12(11)10-13/h4-5,7-8,13H,3,6,9-10H2,1-2H3,(H,19,20,21). The van der Waals surface area contributed by atoms with Crippen LogP contribution >= 0.6 is 22.6 Å². The van der Waals surface area contributed by atoms with Crippen molar-refractivity contribution in [2.45, 2.75) is 38.5 Å². The number of rotatable bonds is 4. The molecule has 4 heteroatoms. The van der Waals surface area contributed by atoms with Crippen molar-refractivity contribution in [3.63, 3.8) is 0 Å². The minimum Gasteiger partial charge on any atom is -0.372 e. The summed E-state index contributed by atoms with van der Waals surface area (Å²) in [5.74, 6) is 2.39. The average Bonchev–Trinajstić information content (AvgIpc) is 2.93. The molecule has 2 aromatic rings. The number of nitrogens with zero attached hydrogens (tertiary/aromatic N) is 2. The lowest BCUT2D eigenvalue weighted by Crippen LogP contribution is -2.11. The minimum atomic E-state index is 0.419. The largest absolute Gasteiger partial charge is 0.372 e. The van der Waals surface area contributed by atoms with E-state index in [1.807, 2.05) is 7.05 Å². The van der Waals surface area contributed by atoms with Crippen molar-refractivity contribution >= 4 is 28.4 Å². The molecule has 1 aliphatic carbocycles. The molecule has 110 valence electrons. The minimum absolute atomic E-state index is 0.419. The fourth-order valence-electron chi connectivity index (χ4n) is 3.00. The van der Waals surface area contributed by atoms with E-state index in [1.54, 1.807) is 0 Å². The van der Waals surface area contributed by atoms with Gasteiger partial charge < -0.3 is 5.32 Å². The summed E-state index contributed by atoms with van der Waals surface area (Å²) in [6.07, 6.45) is 4.25. The first kappa shape index (κ1) is 14.8. The molecule has 1 aromatic carbocycles. The van der Waals surface area contributed by atoms with Crippen LogP contribution in [0, 0.1) is 3.57 Å². The zero-order valence-electron chi connectivity index (χ0n) is 12.5. The van der Waals surface area contributed by atoms with Gasteiger partial charge in [0.1, 0.15) is 11.6 Å². The van der Waals surface area contributed by atoms with Crippen LogP contribution in [-0.2, 0) is 19.3 Å². The van der Waals surface area contributed by atoms with E-state index in [0.29, 0.717) is 5.92 Å². The molecule has 0 bridgehead atoms. The van der Waals surface area contributed by atoms with E-state index in [-0.39, 0.29) is 0 Å². The Bertz CT molecular complexity index is 629. The number of fused-ring (bicyclic) bond motifs is 1. The van der Waals surface area contributed by atoms with Crippen molar-refractivity contribution in [1.29, 1.82) is 0 Å². The summed E-state index contributed by atoms with van der Waals surface area (Å²) in [4.78, 5) is 9.65. The third kappa shape index (κ3) is 2.91. The Labute approximate surface area is 139 Å².